The smallest absolute Gasteiger partial charge is 0.253 e. The van der Waals surface area contributed by atoms with Gasteiger partial charge in [0, 0.05) is 18.9 Å². The first-order chi connectivity index (χ1) is 11.1. The molecule has 0 aliphatic rings. The van der Waals surface area contributed by atoms with Gasteiger partial charge in [0.2, 0.25) is 0 Å². The fourth-order valence-corrected chi connectivity index (χ4v) is 2.60. The Morgan fingerprint density at radius 3 is 2.61 bits per heavy atom. The molecule has 0 amide bonds. The third kappa shape index (κ3) is 2.17. The number of fused-ring (bicyclic) bond motifs is 1. The van der Waals surface area contributed by atoms with E-state index in [2.05, 4.69) is 25.0 Å². The predicted molar refractivity (Wildman–Crippen MR) is 86.1 cm³/mol. The molecule has 0 spiro atoms. The molecule has 4 heterocycles. The van der Waals surface area contributed by atoms with Crippen LogP contribution in [0.2, 0.25) is 0 Å². The number of rotatable bonds is 2. The molecule has 7 heteroatoms. The van der Waals surface area contributed by atoms with Crippen molar-refractivity contribution in [3.8, 4) is 17.3 Å². The van der Waals surface area contributed by atoms with Crippen LogP contribution in [0.1, 0.15) is 11.4 Å². The fraction of sp³-hybridized carbons (Fsp3) is 0.188. The summed E-state index contributed by atoms with van der Waals surface area (Å²) in [6.45, 7) is 3.93. The lowest BCUT2D eigenvalue weighted by Crippen LogP contribution is -2.07. The van der Waals surface area contributed by atoms with Crippen molar-refractivity contribution in [1.29, 1.82) is 0 Å². The van der Waals surface area contributed by atoms with Crippen molar-refractivity contribution >= 4 is 11.2 Å². The Bertz CT molecular complexity index is 998. The minimum atomic E-state index is 0.521. The number of hydrogen-bond donors (Lipinski definition) is 0. The third-order valence-electron chi connectivity index (χ3n) is 3.65. The topological polar surface area (TPSA) is 74.3 Å². The second kappa shape index (κ2) is 4.98. The Balaban J connectivity index is 2.04. The zero-order chi connectivity index (χ0) is 16.0. The molecule has 4 aromatic rings. The van der Waals surface area contributed by atoms with Gasteiger partial charge in [0.1, 0.15) is 11.2 Å². The molecular formula is C16H15N7. The molecule has 4 rings (SSSR count). The molecule has 0 fully saturated rings. The zero-order valence-electron chi connectivity index (χ0n) is 13.1. The quantitative estimate of drug-likeness (QED) is 0.568. The molecule has 23 heavy (non-hydrogen) atoms. The van der Waals surface area contributed by atoms with Crippen LogP contribution in [0.3, 0.4) is 0 Å². The molecule has 0 saturated carbocycles. The third-order valence-corrected chi connectivity index (χ3v) is 3.65. The molecule has 0 radical (unpaired) electrons. The van der Waals surface area contributed by atoms with E-state index in [1.165, 1.54) is 0 Å². The summed E-state index contributed by atoms with van der Waals surface area (Å²) in [7, 11) is 1.91. The van der Waals surface area contributed by atoms with Gasteiger partial charge < -0.3 is 4.57 Å². The normalized spacial score (nSPS) is 11.3. The van der Waals surface area contributed by atoms with Gasteiger partial charge in [-0.3, -0.25) is 4.98 Å². The maximum Gasteiger partial charge on any atom is 0.253 e. The summed E-state index contributed by atoms with van der Waals surface area (Å²) in [5.74, 6) is 0.521. The summed E-state index contributed by atoms with van der Waals surface area (Å²) in [4.78, 5) is 18.1. The second-order valence-corrected chi connectivity index (χ2v) is 5.45. The fourth-order valence-electron chi connectivity index (χ4n) is 2.60. The van der Waals surface area contributed by atoms with E-state index in [1.807, 2.05) is 49.7 Å². The number of aryl methyl sites for hydroxylation is 3. The number of pyridine rings is 1. The van der Waals surface area contributed by atoms with E-state index in [-0.39, 0.29) is 0 Å². The van der Waals surface area contributed by atoms with E-state index in [1.54, 1.807) is 17.2 Å². The van der Waals surface area contributed by atoms with Crippen LogP contribution >= 0.6 is 0 Å². The first-order valence-corrected chi connectivity index (χ1v) is 7.27. The molecule has 0 N–H and O–H groups in total. The lowest BCUT2D eigenvalue weighted by Gasteiger charge is -2.07. The van der Waals surface area contributed by atoms with E-state index in [0.29, 0.717) is 11.6 Å². The van der Waals surface area contributed by atoms with Crippen LogP contribution in [0.4, 0.5) is 0 Å². The largest absolute Gasteiger partial charge is 0.318 e. The van der Waals surface area contributed by atoms with Crippen molar-refractivity contribution in [1.82, 2.24) is 34.3 Å². The summed E-state index contributed by atoms with van der Waals surface area (Å²) < 4.78 is 3.62. The maximum absolute atomic E-state index is 4.68. The van der Waals surface area contributed by atoms with E-state index >= 15 is 0 Å². The summed E-state index contributed by atoms with van der Waals surface area (Å²) in [5.41, 5.74) is 4.87. The van der Waals surface area contributed by atoms with Crippen LogP contribution in [0, 0.1) is 13.8 Å². The van der Waals surface area contributed by atoms with Gasteiger partial charge in [-0.05, 0) is 32.0 Å². The number of hydrogen-bond acceptors (Lipinski definition) is 5. The molecule has 0 unspecified atom stereocenters. The van der Waals surface area contributed by atoms with Crippen molar-refractivity contribution in [2.75, 3.05) is 0 Å². The average molecular weight is 305 g/mol. The minimum absolute atomic E-state index is 0.521. The maximum atomic E-state index is 4.68. The molecule has 0 saturated heterocycles. The molecule has 0 aromatic carbocycles. The molecule has 0 aliphatic carbocycles. The molecule has 0 aliphatic heterocycles. The van der Waals surface area contributed by atoms with Crippen LogP contribution in [-0.2, 0) is 7.05 Å². The van der Waals surface area contributed by atoms with Gasteiger partial charge in [-0.15, -0.1) is 0 Å². The number of imidazole rings is 1. The highest BCUT2D eigenvalue weighted by Crippen LogP contribution is 2.24. The summed E-state index contributed by atoms with van der Waals surface area (Å²) in [6.07, 6.45) is 3.48. The molecule has 0 atom stereocenters. The zero-order valence-corrected chi connectivity index (χ0v) is 13.1. The van der Waals surface area contributed by atoms with Crippen LogP contribution in [0.15, 0.2) is 36.8 Å². The van der Waals surface area contributed by atoms with Gasteiger partial charge in [0.25, 0.3) is 5.95 Å². The van der Waals surface area contributed by atoms with Gasteiger partial charge in [0.15, 0.2) is 5.65 Å². The highest BCUT2D eigenvalue weighted by atomic mass is 15.4. The predicted octanol–water partition coefficient (Wildman–Crippen LogP) is 2.23. The lowest BCUT2D eigenvalue weighted by molar-refractivity contribution is 0.775. The number of nitrogens with zero attached hydrogens (tertiary/aromatic N) is 7. The molecule has 114 valence electrons. The Morgan fingerprint density at radius 2 is 1.91 bits per heavy atom. The highest BCUT2D eigenvalue weighted by Gasteiger charge is 2.16. The van der Waals surface area contributed by atoms with Gasteiger partial charge in [-0.2, -0.15) is 10.1 Å². The monoisotopic (exact) mass is 305 g/mol. The van der Waals surface area contributed by atoms with Gasteiger partial charge >= 0.3 is 0 Å². The van der Waals surface area contributed by atoms with E-state index in [4.69, 9.17) is 0 Å². The van der Waals surface area contributed by atoms with Crippen LogP contribution in [0.5, 0.6) is 0 Å². The van der Waals surface area contributed by atoms with Crippen molar-refractivity contribution in [2.45, 2.75) is 13.8 Å². The molecular weight excluding hydrogens is 290 g/mol. The first-order valence-electron chi connectivity index (χ1n) is 7.27. The van der Waals surface area contributed by atoms with E-state index < -0.39 is 0 Å². The van der Waals surface area contributed by atoms with Crippen LogP contribution < -0.4 is 0 Å². The summed E-state index contributed by atoms with van der Waals surface area (Å²) in [5, 5.41) is 4.48. The van der Waals surface area contributed by atoms with Crippen LogP contribution in [0.25, 0.3) is 28.5 Å². The standard InChI is InChI=1S/C16H15N7/c1-10-8-11(2)23(21-10)16-19-13(12-6-4-5-7-17-12)14-15(20-16)22(3)9-18-14/h4-9H,1-3H3. The Hall–Kier alpha value is -3.09. The lowest BCUT2D eigenvalue weighted by atomic mass is 10.2. The van der Waals surface area contributed by atoms with Gasteiger partial charge in [-0.25, -0.2) is 14.6 Å². The SMILES string of the molecule is Cc1cc(C)n(-c2nc(-c3ccccn3)c3ncn(C)c3n2)n1. The second-order valence-electron chi connectivity index (χ2n) is 5.45. The van der Waals surface area contributed by atoms with E-state index in [0.717, 1.165) is 28.2 Å². The Morgan fingerprint density at radius 1 is 1.04 bits per heavy atom. The molecule has 7 nitrogen and oxygen atoms in total. The van der Waals surface area contributed by atoms with Crippen molar-refractivity contribution in [3.05, 3.63) is 48.2 Å². The van der Waals surface area contributed by atoms with E-state index in [9.17, 15) is 0 Å². The average Bonchev–Trinajstić information content (AvgIpc) is 3.10. The van der Waals surface area contributed by atoms with Gasteiger partial charge in [0.05, 0.1) is 17.7 Å². The first kappa shape index (κ1) is 13.6. The number of aromatic nitrogens is 7. The van der Waals surface area contributed by atoms with Crippen molar-refractivity contribution < 1.29 is 0 Å². The molecule has 0 bridgehead atoms. The summed E-state index contributed by atoms with van der Waals surface area (Å²) >= 11 is 0. The Kier molecular flexibility index (Phi) is 2.94. The summed E-state index contributed by atoms with van der Waals surface area (Å²) in [6, 6.07) is 7.73. The highest BCUT2D eigenvalue weighted by molar-refractivity contribution is 5.86. The minimum Gasteiger partial charge on any atom is -0.318 e. The van der Waals surface area contributed by atoms with Crippen molar-refractivity contribution in [2.24, 2.45) is 7.05 Å². The van der Waals surface area contributed by atoms with Gasteiger partial charge in [-0.1, -0.05) is 6.07 Å². The Labute approximate surface area is 132 Å². The van der Waals surface area contributed by atoms with Crippen LogP contribution in [-0.4, -0.2) is 34.3 Å². The van der Waals surface area contributed by atoms with Crippen molar-refractivity contribution in [3.63, 3.8) is 0 Å². The molecule has 4 aromatic heterocycles.